The molecule has 0 saturated carbocycles. The van der Waals surface area contributed by atoms with Crippen LogP contribution in [-0.4, -0.2) is 29.7 Å². The second-order valence-electron chi connectivity index (χ2n) is 5.66. The van der Waals surface area contributed by atoms with Crippen molar-refractivity contribution in [1.82, 2.24) is 10.1 Å². The number of carbonyl (C=O) groups is 1. The summed E-state index contributed by atoms with van der Waals surface area (Å²) >= 11 is 1.51. The fraction of sp³-hybridized carbons (Fsp3) is 0.235. The maximum absolute atomic E-state index is 13.9. The lowest BCUT2D eigenvalue weighted by Crippen LogP contribution is -2.24. The van der Waals surface area contributed by atoms with Crippen LogP contribution in [0.5, 0.6) is 5.75 Å². The number of halogens is 1. The fourth-order valence-corrected chi connectivity index (χ4v) is 3.50. The molecule has 1 unspecified atom stereocenters. The van der Waals surface area contributed by atoms with Crippen LogP contribution in [0.25, 0.3) is 10.8 Å². The van der Waals surface area contributed by atoms with Crippen LogP contribution >= 0.6 is 11.3 Å². The first-order valence-electron chi connectivity index (χ1n) is 7.67. The lowest BCUT2D eigenvalue weighted by atomic mass is 10.1. The number of ether oxygens (including phenoxy) is 1. The van der Waals surface area contributed by atoms with E-state index in [4.69, 9.17) is 9.26 Å². The highest BCUT2D eigenvalue weighted by molar-refractivity contribution is 7.13. The van der Waals surface area contributed by atoms with Gasteiger partial charge in [0.15, 0.2) is 17.4 Å². The van der Waals surface area contributed by atoms with Gasteiger partial charge < -0.3 is 14.2 Å². The molecular weight excluding hydrogens is 345 g/mol. The first kappa shape index (κ1) is 15.8. The van der Waals surface area contributed by atoms with Crippen LogP contribution in [0.1, 0.15) is 18.2 Å². The van der Waals surface area contributed by atoms with Gasteiger partial charge in [0.2, 0.25) is 5.91 Å². The average Bonchev–Trinajstić information content (AvgIpc) is 3.34. The zero-order valence-corrected chi connectivity index (χ0v) is 14.1. The number of anilines is 1. The van der Waals surface area contributed by atoms with Gasteiger partial charge in [0.25, 0.3) is 5.89 Å². The topological polar surface area (TPSA) is 68.5 Å². The predicted octanol–water partition coefficient (Wildman–Crippen LogP) is 3.47. The highest BCUT2D eigenvalue weighted by Crippen LogP contribution is 2.33. The monoisotopic (exact) mass is 359 g/mol. The van der Waals surface area contributed by atoms with Gasteiger partial charge in [0.1, 0.15) is 0 Å². The van der Waals surface area contributed by atoms with Crippen molar-refractivity contribution in [1.29, 1.82) is 0 Å². The predicted molar refractivity (Wildman–Crippen MR) is 90.3 cm³/mol. The number of thiophene rings is 1. The van der Waals surface area contributed by atoms with E-state index >= 15 is 0 Å². The lowest BCUT2D eigenvalue weighted by molar-refractivity contribution is -0.117. The lowest BCUT2D eigenvalue weighted by Gasteiger charge is -2.16. The van der Waals surface area contributed by atoms with Gasteiger partial charge in [0.05, 0.1) is 12.0 Å². The van der Waals surface area contributed by atoms with Crippen molar-refractivity contribution in [2.24, 2.45) is 0 Å². The van der Waals surface area contributed by atoms with Crippen molar-refractivity contribution in [2.75, 3.05) is 18.6 Å². The summed E-state index contributed by atoms with van der Waals surface area (Å²) in [5, 5.41) is 5.94. The molecule has 6 nitrogen and oxygen atoms in total. The van der Waals surface area contributed by atoms with Crippen molar-refractivity contribution in [3.05, 3.63) is 47.4 Å². The molecule has 1 fully saturated rings. The first-order valence-corrected chi connectivity index (χ1v) is 8.55. The van der Waals surface area contributed by atoms with Gasteiger partial charge in [-0.25, -0.2) is 4.39 Å². The van der Waals surface area contributed by atoms with Crippen LogP contribution in [0.2, 0.25) is 0 Å². The summed E-state index contributed by atoms with van der Waals surface area (Å²) < 4.78 is 24.1. The number of amides is 1. The van der Waals surface area contributed by atoms with Crippen LogP contribution in [0.15, 0.2) is 40.2 Å². The molecule has 1 aromatic carbocycles. The van der Waals surface area contributed by atoms with Crippen LogP contribution in [0, 0.1) is 5.82 Å². The summed E-state index contributed by atoms with van der Waals surface area (Å²) in [6.07, 6.45) is 0.261. The Labute approximate surface area is 146 Å². The smallest absolute Gasteiger partial charge is 0.267 e. The van der Waals surface area contributed by atoms with Crippen LogP contribution in [0.4, 0.5) is 10.1 Å². The molecule has 3 aromatic rings. The zero-order valence-electron chi connectivity index (χ0n) is 13.3. The molecule has 0 radical (unpaired) electrons. The van der Waals surface area contributed by atoms with Gasteiger partial charge in [-0.15, -0.1) is 11.3 Å². The highest BCUT2D eigenvalue weighted by atomic mass is 32.1. The van der Waals surface area contributed by atoms with E-state index in [2.05, 4.69) is 10.1 Å². The van der Waals surface area contributed by atoms with E-state index in [9.17, 15) is 9.18 Å². The number of nitrogens with zero attached hydrogens (tertiary/aromatic N) is 3. The molecule has 0 spiro atoms. The third-order valence-corrected chi connectivity index (χ3v) is 4.97. The molecule has 25 heavy (non-hydrogen) atoms. The van der Waals surface area contributed by atoms with Crippen LogP contribution in [0.3, 0.4) is 0 Å². The van der Waals surface area contributed by atoms with E-state index in [1.807, 2.05) is 17.5 Å². The quantitative estimate of drug-likeness (QED) is 0.713. The van der Waals surface area contributed by atoms with E-state index in [-0.39, 0.29) is 24.0 Å². The number of hydrogen-bond donors (Lipinski definition) is 0. The Morgan fingerprint density at radius 2 is 2.28 bits per heavy atom. The molecule has 1 aliphatic rings. The number of hydrogen-bond acceptors (Lipinski definition) is 6. The van der Waals surface area contributed by atoms with Gasteiger partial charge in [-0.3, -0.25) is 4.79 Å². The summed E-state index contributed by atoms with van der Waals surface area (Å²) in [6.45, 7) is 0.383. The Balaban J connectivity index is 1.55. The van der Waals surface area contributed by atoms with Crippen molar-refractivity contribution >= 4 is 22.9 Å². The molecule has 4 rings (SSSR count). The van der Waals surface area contributed by atoms with Gasteiger partial charge >= 0.3 is 0 Å². The highest BCUT2D eigenvalue weighted by Gasteiger charge is 2.35. The van der Waals surface area contributed by atoms with Crippen molar-refractivity contribution in [2.45, 2.75) is 12.3 Å². The summed E-state index contributed by atoms with van der Waals surface area (Å²) in [5.41, 5.74) is 0.493. The molecule has 2 aromatic heterocycles. The summed E-state index contributed by atoms with van der Waals surface area (Å²) in [6, 6.07) is 8.27. The molecular formula is C17H14FN3O3S. The van der Waals surface area contributed by atoms with Gasteiger partial charge in [0, 0.05) is 30.6 Å². The third-order valence-electron chi connectivity index (χ3n) is 4.11. The Kier molecular flexibility index (Phi) is 3.96. The van der Waals surface area contributed by atoms with Crippen molar-refractivity contribution < 1.29 is 18.4 Å². The van der Waals surface area contributed by atoms with E-state index in [0.717, 1.165) is 4.88 Å². The SMILES string of the molecule is COc1ccc(N2CC(c3noc(-c4cccs4)n3)CC2=O)cc1F. The minimum atomic E-state index is -0.504. The largest absolute Gasteiger partial charge is 0.494 e. The molecule has 1 aliphatic heterocycles. The second-order valence-corrected chi connectivity index (χ2v) is 6.61. The first-order chi connectivity index (χ1) is 12.2. The van der Waals surface area contributed by atoms with E-state index < -0.39 is 5.82 Å². The average molecular weight is 359 g/mol. The third kappa shape index (κ3) is 2.89. The molecule has 8 heteroatoms. The van der Waals surface area contributed by atoms with Crippen LogP contribution in [-0.2, 0) is 4.79 Å². The summed E-state index contributed by atoms with van der Waals surface area (Å²) in [5.74, 6) is 0.299. The summed E-state index contributed by atoms with van der Waals surface area (Å²) in [7, 11) is 1.40. The normalized spacial score (nSPS) is 17.3. The van der Waals surface area contributed by atoms with Gasteiger partial charge in [-0.1, -0.05) is 11.2 Å². The van der Waals surface area contributed by atoms with Crippen molar-refractivity contribution in [3.63, 3.8) is 0 Å². The Morgan fingerprint density at radius 3 is 3.00 bits per heavy atom. The number of benzene rings is 1. The maximum Gasteiger partial charge on any atom is 0.267 e. The maximum atomic E-state index is 13.9. The number of aromatic nitrogens is 2. The Bertz CT molecular complexity index is 910. The van der Waals surface area contributed by atoms with E-state index in [1.54, 1.807) is 6.07 Å². The standard InChI is InChI=1S/C17H14FN3O3S/c1-23-13-5-4-11(8-12(13)18)21-9-10(7-15(21)22)16-19-17(24-20-16)14-3-2-6-25-14/h2-6,8,10H,7,9H2,1H3. The molecule has 0 N–H and O–H groups in total. The van der Waals surface area contributed by atoms with E-state index in [1.165, 1.54) is 35.5 Å². The molecule has 1 atom stereocenters. The minimum Gasteiger partial charge on any atom is -0.494 e. The number of carbonyl (C=O) groups excluding carboxylic acids is 1. The Hall–Kier alpha value is -2.74. The Morgan fingerprint density at radius 1 is 1.40 bits per heavy atom. The number of rotatable bonds is 4. The second kappa shape index (κ2) is 6.29. The van der Waals surface area contributed by atoms with Crippen LogP contribution < -0.4 is 9.64 Å². The van der Waals surface area contributed by atoms with Crippen molar-refractivity contribution in [3.8, 4) is 16.5 Å². The molecule has 1 amide bonds. The summed E-state index contributed by atoms with van der Waals surface area (Å²) in [4.78, 5) is 19.2. The molecule has 0 bridgehead atoms. The fourth-order valence-electron chi connectivity index (χ4n) is 2.85. The minimum absolute atomic E-state index is 0.1000. The zero-order chi connectivity index (χ0) is 17.4. The van der Waals surface area contributed by atoms with Gasteiger partial charge in [-0.2, -0.15) is 4.98 Å². The molecule has 3 heterocycles. The molecule has 0 aliphatic carbocycles. The molecule has 128 valence electrons. The van der Waals surface area contributed by atoms with E-state index in [0.29, 0.717) is 23.9 Å². The van der Waals surface area contributed by atoms with Gasteiger partial charge in [-0.05, 0) is 23.6 Å². The molecule has 1 saturated heterocycles. The number of methoxy groups -OCH3 is 1.